The molecule has 1 aromatic rings. The molecule has 0 N–H and O–H groups in total. The summed E-state index contributed by atoms with van der Waals surface area (Å²) in [5, 5.41) is 3.02. The lowest BCUT2D eigenvalue weighted by atomic mass is 9.93. The van der Waals surface area contributed by atoms with Crippen molar-refractivity contribution in [3.63, 3.8) is 0 Å². The van der Waals surface area contributed by atoms with Crippen molar-refractivity contribution in [2.75, 3.05) is 13.2 Å². The van der Waals surface area contributed by atoms with Gasteiger partial charge in [-0.3, -0.25) is 4.90 Å². The van der Waals surface area contributed by atoms with Crippen LogP contribution in [0.15, 0.2) is 35.5 Å². The zero-order chi connectivity index (χ0) is 19.2. The van der Waals surface area contributed by atoms with Gasteiger partial charge in [-0.2, -0.15) is 4.91 Å². The van der Waals surface area contributed by atoms with Crippen molar-refractivity contribution >= 4 is 6.09 Å². The molecule has 0 aromatic heterocycles. The second-order valence-corrected chi connectivity index (χ2v) is 8.04. The van der Waals surface area contributed by atoms with Gasteiger partial charge in [0.2, 0.25) is 0 Å². The summed E-state index contributed by atoms with van der Waals surface area (Å²) >= 11 is 0. The van der Waals surface area contributed by atoms with Gasteiger partial charge in [-0.1, -0.05) is 35.5 Å². The largest absolute Gasteiger partial charge is 0.444 e. The molecule has 0 spiro atoms. The Morgan fingerprint density at radius 2 is 2.00 bits per heavy atom. The minimum absolute atomic E-state index is 0.0387. The van der Waals surface area contributed by atoms with E-state index in [-0.39, 0.29) is 18.7 Å². The van der Waals surface area contributed by atoms with Crippen LogP contribution in [0.3, 0.4) is 0 Å². The van der Waals surface area contributed by atoms with E-state index in [4.69, 9.17) is 9.47 Å². The van der Waals surface area contributed by atoms with Crippen molar-refractivity contribution in [3.8, 4) is 0 Å². The topological polar surface area (TPSA) is 68.2 Å². The van der Waals surface area contributed by atoms with E-state index in [0.717, 1.165) is 18.4 Å². The number of nitrogens with zero attached hydrogens (tertiary/aromatic N) is 2. The van der Waals surface area contributed by atoms with Crippen LogP contribution in [0.4, 0.5) is 4.79 Å². The molecular weight excluding hydrogens is 332 g/mol. The van der Waals surface area contributed by atoms with Crippen molar-refractivity contribution in [2.24, 2.45) is 5.18 Å². The van der Waals surface area contributed by atoms with E-state index < -0.39 is 11.1 Å². The average Bonchev–Trinajstić information content (AvgIpc) is 2.89. The Balaban J connectivity index is 2.13. The molecule has 2 unspecified atom stereocenters. The van der Waals surface area contributed by atoms with Crippen molar-refractivity contribution in [2.45, 2.75) is 70.7 Å². The molecule has 2 rings (SSSR count). The first-order valence-corrected chi connectivity index (χ1v) is 9.20. The fraction of sp³-hybridized carbons (Fsp3) is 0.650. The first kappa shape index (κ1) is 20.4. The summed E-state index contributed by atoms with van der Waals surface area (Å²) in [6.45, 7) is 8.55. The van der Waals surface area contributed by atoms with Gasteiger partial charge >= 0.3 is 6.09 Å². The molecule has 6 nitrogen and oxygen atoms in total. The first-order chi connectivity index (χ1) is 12.3. The molecule has 1 heterocycles. The Hall–Kier alpha value is -1.95. The molecule has 144 valence electrons. The van der Waals surface area contributed by atoms with Crippen molar-refractivity contribution < 1.29 is 14.3 Å². The van der Waals surface area contributed by atoms with E-state index >= 15 is 0 Å². The lowest BCUT2D eigenvalue weighted by Crippen LogP contribution is -2.54. The number of carbonyl (C=O) groups excluding carboxylic acids is 1. The van der Waals surface area contributed by atoms with Crippen molar-refractivity contribution in [3.05, 3.63) is 40.8 Å². The fourth-order valence-electron chi connectivity index (χ4n) is 3.53. The highest BCUT2D eigenvalue weighted by Gasteiger charge is 2.48. The van der Waals surface area contributed by atoms with Gasteiger partial charge in [0, 0.05) is 6.04 Å². The van der Waals surface area contributed by atoms with Crippen LogP contribution in [0.25, 0.3) is 0 Å². The van der Waals surface area contributed by atoms with Gasteiger partial charge in [0.15, 0.2) is 0 Å². The maximum absolute atomic E-state index is 12.8. The van der Waals surface area contributed by atoms with E-state index in [9.17, 15) is 9.70 Å². The van der Waals surface area contributed by atoms with Crippen LogP contribution in [-0.4, -0.2) is 41.3 Å². The summed E-state index contributed by atoms with van der Waals surface area (Å²) < 4.78 is 11.6. The lowest BCUT2D eigenvalue weighted by molar-refractivity contribution is -0.0324. The van der Waals surface area contributed by atoms with Gasteiger partial charge in [0.05, 0.1) is 25.3 Å². The normalized spacial score (nSPS) is 23.1. The maximum Gasteiger partial charge on any atom is 0.411 e. The molecule has 1 fully saturated rings. The van der Waals surface area contributed by atoms with E-state index in [2.05, 4.69) is 5.18 Å². The summed E-state index contributed by atoms with van der Waals surface area (Å²) in [5.41, 5.74) is -0.0466. The molecule has 26 heavy (non-hydrogen) atoms. The molecule has 1 aliphatic rings. The van der Waals surface area contributed by atoms with E-state index in [1.165, 1.54) is 0 Å². The van der Waals surface area contributed by atoms with Crippen LogP contribution in [0, 0.1) is 4.91 Å². The quantitative estimate of drug-likeness (QED) is 0.669. The minimum Gasteiger partial charge on any atom is -0.444 e. The number of benzene rings is 1. The molecule has 1 amide bonds. The highest BCUT2D eigenvalue weighted by molar-refractivity contribution is 5.70. The molecule has 6 heteroatoms. The van der Waals surface area contributed by atoms with Crippen LogP contribution < -0.4 is 0 Å². The van der Waals surface area contributed by atoms with E-state index in [1.54, 1.807) is 4.90 Å². The lowest BCUT2D eigenvalue weighted by Gasteiger charge is -2.40. The average molecular weight is 362 g/mol. The summed E-state index contributed by atoms with van der Waals surface area (Å²) in [4.78, 5) is 25.4. The second kappa shape index (κ2) is 8.62. The van der Waals surface area contributed by atoms with Crippen LogP contribution in [0.1, 0.15) is 52.5 Å². The molecular formula is C20H30N2O4. The number of rotatable bonds is 7. The molecule has 0 saturated carbocycles. The number of nitroso groups, excluding NO2 is 1. The van der Waals surface area contributed by atoms with Crippen LogP contribution >= 0.6 is 0 Å². The third-order valence-corrected chi connectivity index (χ3v) is 4.72. The molecule has 1 aliphatic heterocycles. The minimum atomic E-state index is -0.570. The molecule has 2 atom stereocenters. The van der Waals surface area contributed by atoms with Gasteiger partial charge in [-0.15, -0.1) is 0 Å². The van der Waals surface area contributed by atoms with Crippen LogP contribution in [-0.2, 0) is 16.1 Å². The predicted octanol–water partition coefficient (Wildman–Crippen LogP) is 4.52. The van der Waals surface area contributed by atoms with E-state index in [0.29, 0.717) is 19.6 Å². The Bertz CT molecular complexity index is 600. The van der Waals surface area contributed by atoms with Gasteiger partial charge in [0.25, 0.3) is 0 Å². The third-order valence-electron chi connectivity index (χ3n) is 4.72. The van der Waals surface area contributed by atoms with Gasteiger partial charge in [-0.25, -0.2) is 4.79 Å². The smallest absolute Gasteiger partial charge is 0.411 e. The van der Waals surface area contributed by atoms with Crippen LogP contribution in [0.2, 0.25) is 0 Å². The molecule has 1 saturated heterocycles. The van der Waals surface area contributed by atoms with Crippen molar-refractivity contribution in [1.29, 1.82) is 0 Å². The first-order valence-electron chi connectivity index (χ1n) is 9.20. The Morgan fingerprint density at radius 1 is 1.31 bits per heavy atom. The monoisotopic (exact) mass is 362 g/mol. The summed E-state index contributed by atoms with van der Waals surface area (Å²) in [6.07, 6.45) is 1.76. The van der Waals surface area contributed by atoms with Gasteiger partial charge < -0.3 is 9.47 Å². The number of likely N-dealkylation sites (tertiary alicyclic amines) is 1. The third kappa shape index (κ3) is 5.27. The number of ether oxygens (including phenoxy) is 2. The fourth-order valence-corrected chi connectivity index (χ4v) is 3.53. The maximum atomic E-state index is 12.8. The molecule has 0 aliphatic carbocycles. The molecule has 0 radical (unpaired) electrons. The second-order valence-electron chi connectivity index (χ2n) is 8.04. The highest BCUT2D eigenvalue weighted by atomic mass is 16.6. The zero-order valence-electron chi connectivity index (χ0n) is 16.2. The van der Waals surface area contributed by atoms with E-state index in [1.807, 2.05) is 58.0 Å². The van der Waals surface area contributed by atoms with Crippen molar-refractivity contribution in [1.82, 2.24) is 4.90 Å². The zero-order valence-corrected chi connectivity index (χ0v) is 16.2. The number of amides is 1. The Labute approximate surface area is 155 Å². The summed E-state index contributed by atoms with van der Waals surface area (Å²) in [6, 6.07) is 9.94. The van der Waals surface area contributed by atoms with Crippen LogP contribution in [0.5, 0.6) is 0 Å². The predicted molar refractivity (Wildman–Crippen MR) is 101 cm³/mol. The Kier molecular flexibility index (Phi) is 6.75. The number of hydrogen-bond donors (Lipinski definition) is 0. The summed E-state index contributed by atoms with van der Waals surface area (Å²) in [7, 11) is 0. The number of hydrogen-bond acceptors (Lipinski definition) is 5. The summed E-state index contributed by atoms with van der Waals surface area (Å²) in [5.74, 6) is 0. The highest BCUT2D eigenvalue weighted by Crippen LogP contribution is 2.38. The standard InChI is InChI=1S/C20H30N2O4/c1-16-10-11-20(12-13-21-24,22(16)18(23)26-19(2,3)4)15-25-14-17-8-6-5-7-9-17/h5-9,16H,10-15H2,1-4H3. The Morgan fingerprint density at radius 3 is 2.62 bits per heavy atom. The number of carbonyl (C=O) groups is 1. The molecule has 0 bridgehead atoms. The van der Waals surface area contributed by atoms with Gasteiger partial charge in [-0.05, 0) is 52.5 Å². The van der Waals surface area contributed by atoms with Gasteiger partial charge in [0.1, 0.15) is 5.60 Å². The molecule has 1 aromatic carbocycles. The SMILES string of the molecule is CC1CCC(CCN=O)(COCc2ccccc2)N1C(=O)OC(C)(C)C.